The third-order valence-electron chi connectivity index (χ3n) is 4.27. The van der Waals surface area contributed by atoms with Crippen molar-refractivity contribution >= 4 is 27.9 Å². The van der Waals surface area contributed by atoms with Gasteiger partial charge in [0.1, 0.15) is 5.75 Å². The lowest BCUT2D eigenvalue weighted by molar-refractivity contribution is -0.0487. The van der Waals surface area contributed by atoms with Crippen molar-refractivity contribution in [3.8, 4) is 5.75 Å². The Morgan fingerprint density at radius 3 is 2.57 bits per heavy atom. The fourth-order valence-corrected chi connectivity index (χ4v) is 3.17. The highest BCUT2D eigenvalue weighted by Gasteiger charge is 2.45. The zero-order chi connectivity index (χ0) is 16.0. The molecule has 0 spiro atoms. The van der Waals surface area contributed by atoms with Gasteiger partial charge in [0, 0.05) is 5.39 Å². The Bertz CT molecular complexity index is 780. The molecule has 0 amide bonds. The largest absolute Gasteiger partial charge is 0.434 e. The van der Waals surface area contributed by atoms with Crippen LogP contribution in [0.25, 0.3) is 16.3 Å². The minimum Gasteiger partial charge on any atom is -0.434 e. The van der Waals surface area contributed by atoms with Gasteiger partial charge in [-0.2, -0.15) is 8.78 Å². The Morgan fingerprint density at radius 1 is 1.22 bits per heavy atom. The predicted molar refractivity (Wildman–Crippen MR) is 86.1 cm³/mol. The molecular formula is C18H15ClF2O2. The highest BCUT2D eigenvalue weighted by molar-refractivity contribution is 6.33. The topological polar surface area (TPSA) is 21.8 Å². The van der Waals surface area contributed by atoms with E-state index < -0.39 is 6.61 Å². The SMILES string of the molecule is FC(F)Oc1cccc2c(/C(=C/C3CO3)C3(Cl)CC3)cccc12. The van der Waals surface area contributed by atoms with Gasteiger partial charge in [0.15, 0.2) is 0 Å². The molecule has 23 heavy (non-hydrogen) atoms. The highest BCUT2D eigenvalue weighted by atomic mass is 35.5. The molecule has 1 aliphatic carbocycles. The Morgan fingerprint density at radius 2 is 1.91 bits per heavy atom. The van der Waals surface area contributed by atoms with E-state index in [0.717, 1.165) is 29.4 Å². The molecule has 2 nitrogen and oxygen atoms in total. The lowest BCUT2D eigenvalue weighted by Crippen LogP contribution is -2.05. The number of benzene rings is 2. The van der Waals surface area contributed by atoms with Crippen LogP contribution in [0.15, 0.2) is 42.5 Å². The molecule has 0 bridgehead atoms. The molecule has 4 rings (SSSR count). The third-order valence-corrected chi connectivity index (χ3v) is 4.85. The first kappa shape index (κ1) is 14.9. The molecule has 1 saturated carbocycles. The van der Waals surface area contributed by atoms with Gasteiger partial charge >= 0.3 is 6.61 Å². The standard InChI is InChI=1S/C18H15ClF2O2/c19-18(7-8-18)15(9-11-10-22-11)13-4-1-5-14-12(13)3-2-6-16(14)23-17(20)21/h1-6,9,11,17H,7-8,10H2/b15-9-. The molecule has 1 saturated heterocycles. The number of alkyl halides is 3. The lowest BCUT2D eigenvalue weighted by atomic mass is 9.94. The van der Waals surface area contributed by atoms with Gasteiger partial charge in [-0.3, -0.25) is 0 Å². The van der Waals surface area contributed by atoms with Crippen LogP contribution in [0, 0.1) is 0 Å². The average Bonchev–Trinajstić information content (AvgIpc) is 3.42. The molecule has 0 N–H and O–H groups in total. The van der Waals surface area contributed by atoms with E-state index >= 15 is 0 Å². The first-order valence-electron chi connectivity index (χ1n) is 7.57. The average molecular weight is 337 g/mol. The number of epoxide rings is 1. The number of hydrogen-bond acceptors (Lipinski definition) is 2. The van der Waals surface area contributed by atoms with Gasteiger partial charge in [-0.15, -0.1) is 11.6 Å². The maximum absolute atomic E-state index is 12.6. The number of hydrogen-bond donors (Lipinski definition) is 0. The van der Waals surface area contributed by atoms with Crippen molar-refractivity contribution in [3.63, 3.8) is 0 Å². The number of ether oxygens (including phenoxy) is 2. The monoisotopic (exact) mass is 336 g/mol. The summed E-state index contributed by atoms with van der Waals surface area (Å²) in [5, 5.41) is 1.53. The Kier molecular flexibility index (Phi) is 3.54. The van der Waals surface area contributed by atoms with Crippen LogP contribution in [0.1, 0.15) is 18.4 Å². The molecule has 120 valence electrons. The van der Waals surface area contributed by atoms with E-state index in [1.165, 1.54) is 0 Å². The molecule has 0 radical (unpaired) electrons. The maximum atomic E-state index is 12.6. The quantitative estimate of drug-likeness (QED) is 0.566. The molecule has 1 unspecified atom stereocenters. The normalized spacial score (nSPS) is 22.4. The Balaban J connectivity index is 1.86. The molecule has 5 heteroatoms. The second-order valence-electron chi connectivity index (χ2n) is 5.95. The molecule has 1 heterocycles. The second kappa shape index (κ2) is 5.46. The summed E-state index contributed by atoms with van der Waals surface area (Å²) in [6.07, 6.45) is 4.00. The van der Waals surface area contributed by atoms with Crippen LogP contribution < -0.4 is 4.74 Å². The van der Waals surface area contributed by atoms with E-state index in [9.17, 15) is 8.78 Å². The van der Waals surface area contributed by atoms with Gasteiger partial charge in [0.25, 0.3) is 0 Å². The second-order valence-corrected chi connectivity index (χ2v) is 6.68. The molecule has 1 aliphatic heterocycles. The van der Waals surface area contributed by atoms with Crippen LogP contribution in [0.5, 0.6) is 5.75 Å². The van der Waals surface area contributed by atoms with E-state index in [-0.39, 0.29) is 16.7 Å². The smallest absolute Gasteiger partial charge is 0.387 e. The van der Waals surface area contributed by atoms with Crippen LogP contribution in [-0.4, -0.2) is 24.2 Å². The van der Waals surface area contributed by atoms with Crippen LogP contribution >= 0.6 is 11.6 Å². The number of rotatable bonds is 5. The number of halogens is 3. The van der Waals surface area contributed by atoms with Crippen molar-refractivity contribution in [2.45, 2.75) is 30.4 Å². The van der Waals surface area contributed by atoms with E-state index in [0.29, 0.717) is 12.0 Å². The predicted octanol–water partition coefficient (Wildman–Crippen LogP) is 4.99. The molecule has 2 fully saturated rings. The van der Waals surface area contributed by atoms with E-state index in [2.05, 4.69) is 10.8 Å². The third kappa shape index (κ3) is 2.93. The van der Waals surface area contributed by atoms with Crippen LogP contribution in [-0.2, 0) is 4.74 Å². The molecule has 1 atom stereocenters. The summed E-state index contributed by atoms with van der Waals surface area (Å²) in [7, 11) is 0. The van der Waals surface area contributed by atoms with Gasteiger partial charge in [0.2, 0.25) is 0 Å². The summed E-state index contributed by atoms with van der Waals surface area (Å²) in [5.41, 5.74) is 1.99. The van der Waals surface area contributed by atoms with Gasteiger partial charge in [0.05, 0.1) is 17.6 Å². The fraction of sp³-hybridized carbons (Fsp3) is 0.333. The van der Waals surface area contributed by atoms with Crippen LogP contribution in [0.2, 0.25) is 0 Å². The summed E-state index contributed by atoms with van der Waals surface area (Å²) < 4.78 is 35.2. The first-order valence-corrected chi connectivity index (χ1v) is 7.94. The van der Waals surface area contributed by atoms with Gasteiger partial charge in [-0.25, -0.2) is 0 Å². The summed E-state index contributed by atoms with van der Waals surface area (Å²) in [5.74, 6) is 0.181. The van der Waals surface area contributed by atoms with Crippen LogP contribution in [0.3, 0.4) is 0 Å². The van der Waals surface area contributed by atoms with Crippen molar-refractivity contribution in [2.75, 3.05) is 6.61 Å². The molecular weight excluding hydrogens is 322 g/mol. The van der Waals surface area contributed by atoms with Crippen molar-refractivity contribution < 1.29 is 18.3 Å². The summed E-state index contributed by atoms with van der Waals surface area (Å²) in [6.45, 7) is -2.14. The highest BCUT2D eigenvalue weighted by Crippen LogP contribution is 2.54. The fourth-order valence-electron chi connectivity index (χ4n) is 2.91. The molecule has 2 aromatic carbocycles. The minimum absolute atomic E-state index is 0.108. The minimum atomic E-state index is -2.85. The summed E-state index contributed by atoms with van der Waals surface area (Å²) in [6, 6.07) is 10.8. The Labute approximate surface area is 137 Å². The van der Waals surface area contributed by atoms with E-state index in [4.69, 9.17) is 16.3 Å². The Hall–Kier alpha value is -1.65. The van der Waals surface area contributed by atoms with Gasteiger partial charge in [-0.1, -0.05) is 30.3 Å². The molecule has 2 aromatic rings. The number of allylic oxidation sites excluding steroid dienone is 1. The number of fused-ring (bicyclic) bond motifs is 1. The molecule has 0 aromatic heterocycles. The first-order chi connectivity index (χ1) is 11.1. The van der Waals surface area contributed by atoms with Crippen molar-refractivity contribution in [2.24, 2.45) is 0 Å². The summed E-state index contributed by atoms with van der Waals surface area (Å²) >= 11 is 6.67. The van der Waals surface area contributed by atoms with E-state index in [1.807, 2.05) is 18.2 Å². The van der Waals surface area contributed by atoms with Crippen molar-refractivity contribution in [1.29, 1.82) is 0 Å². The lowest BCUT2D eigenvalue weighted by Gasteiger charge is -2.17. The van der Waals surface area contributed by atoms with E-state index in [1.54, 1.807) is 18.2 Å². The zero-order valence-corrected chi connectivity index (χ0v) is 13.0. The van der Waals surface area contributed by atoms with Gasteiger partial charge in [-0.05, 0) is 41.5 Å². The van der Waals surface area contributed by atoms with Crippen LogP contribution in [0.4, 0.5) is 8.78 Å². The zero-order valence-electron chi connectivity index (χ0n) is 12.3. The van der Waals surface area contributed by atoms with Crippen molar-refractivity contribution in [3.05, 3.63) is 48.0 Å². The summed E-state index contributed by atoms with van der Waals surface area (Å²) in [4.78, 5) is -0.361. The van der Waals surface area contributed by atoms with Gasteiger partial charge < -0.3 is 9.47 Å². The maximum Gasteiger partial charge on any atom is 0.387 e. The molecule has 2 aliphatic rings. The van der Waals surface area contributed by atoms with Crippen molar-refractivity contribution in [1.82, 2.24) is 0 Å².